The molecule has 0 spiro atoms. The summed E-state index contributed by atoms with van der Waals surface area (Å²) < 4.78 is 69.7. The SMILES string of the molecule is CCCCCCCCCCCCC/C=C/[C@@H](O)[C@H](CO[C@@H]1OC(CO)[C@@H](O[C@@H]2OC(CO)[C@H](O[C@@H]3OC(CO)[C@H](O)[C@H](O[C@H]4OC(CO)[C@H](O)[C@H](O[C@H]5OC(CO)[C@H](O)[C@H](O[C@@H]6OC(CO)[C@H](O)[C@H](O)C6NC(C)=O)C5O)C4O)C3O)[C@H](O)C2O)[C@H](O)C1O)NC(=O)CCCCCCCCCCCCCCCCCCCCC. The molecule has 2 amide bonds. The van der Waals surface area contributed by atoms with Gasteiger partial charge >= 0.3 is 0 Å². The first-order valence-electron chi connectivity index (χ1n) is 42.0. The number of rotatable bonds is 55. The fourth-order valence-electron chi connectivity index (χ4n) is 15.4. The number of carbonyl (C=O) groups is 2. The van der Waals surface area contributed by atoms with Crippen LogP contribution in [0.4, 0.5) is 0 Å². The van der Waals surface area contributed by atoms with Crippen LogP contribution in [0.3, 0.4) is 0 Å². The summed E-state index contributed by atoms with van der Waals surface area (Å²) >= 11 is 0. The minimum atomic E-state index is -2.28. The van der Waals surface area contributed by atoms with Crippen LogP contribution in [0.5, 0.6) is 0 Å². The van der Waals surface area contributed by atoms with E-state index in [4.69, 9.17) is 56.8 Å². The third-order valence-corrected chi connectivity index (χ3v) is 22.3. The van der Waals surface area contributed by atoms with Crippen molar-refractivity contribution in [2.45, 2.75) is 423 Å². The Labute approximate surface area is 664 Å². The van der Waals surface area contributed by atoms with Gasteiger partial charge in [-0.05, 0) is 19.3 Å². The summed E-state index contributed by atoms with van der Waals surface area (Å²) in [6, 6.07) is -2.66. The molecule has 21 N–H and O–H groups in total. The Morgan fingerprint density at radius 2 is 0.646 bits per heavy atom. The zero-order valence-corrected chi connectivity index (χ0v) is 66.4. The van der Waals surface area contributed by atoms with Crippen molar-refractivity contribution >= 4 is 11.8 Å². The maximum atomic E-state index is 13.5. The minimum Gasteiger partial charge on any atom is -0.394 e. The summed E-state index contributed by atoms with van der Waals surface area (Å²) in [7, 11) is 0. The number of hydrogen-bond acceptors (Lipinski definition) is 33. The van der Waals surface area contributed by atoms with E-state index >= 15 is 0 Å². The van der Waals surface area contributed by atoms with Crippen molar-refractivity contribution < 1.29 is 163 Å². The van der Waals surface area contributed by atoms with Gasteiger partial charge in [-0.1, -0.05) is 206 Å². The van der Waals surface area contributed by atoms with E-state index in [2.05, 4.69) is 24.5 Å². The quantitative estimate of drug-likeness (QED) is 0.0256. The monoisotopic (exact) mass is 1630 g/mol. The van der Waals surface area contributed by atoms with E-state index in [0.717, 1.165) is 58.3 Å². The van der Waals surface area contributed by atoms with Crippen molar-refractivity contribution in [2.24, 2.45) is 0 Å². The maximum absolute atomic E-state index is 13.5. The van der Waals surface area contributed by atoms with Gasteiger partial charge in [0.1, 0.15) is 146 Å². The molecule has 0 bridgehead atoms. The summed E-state index contributed by atoms with van der Waals surface area (Å²) in [5, 5.41) is 216. The number of unbranched alkanes of at least 4 members (excludes halogenated alkanes) is 29. The van der Waals surface area contributed by atoms with Gasteiger partial charge in [0.2, 0.25) is 11.8 Å². The van der Waals surface area contributed by atoms with Crippen LogP contribution in [-0.2, 0) is 66.4 Å². The largest absolute Gasteiger partial charge is 0.394 e. The van der Waals surface area contributed by atoms with Gasteiger partial charge in [-0.3, -0.25) is 9.59 Å². The van der Waals surface area contributed by atoms with Gasteiger partial charge in [0.25, 0.3) is 0 Å². The molecule has 6 aliphatic rings. The first kappa shape index (κ1) is 99.3. The van der Waals surface area contributed by atoms with Gasteiger partial charge in [0.05, 0.1) is 58.4 Å². The number of ether oxygens (including phenoxy) is 12. The molecule has 6 aliphatic heterocycles. The summed E-state index contributed by atoms with van der Waals surface area (Å²) in [5.74, 6) is -1.09. The molecule has 6 saturated heterocycles. The Morgan fingerprint density at radius 1 is 0.345 bits per heavy atom. The molecule has 35 heteroatoms. The smallest absolute Gasteiger partial charge is 0.220 e. The number of aliphatic hydroxyl groups excluding tert-OH is 19. The van der Waals surface area contributed by atoms with Gasteiger partial charge in [0, 0.05) is 13.3 Å². The van der Waals surface area contributed by atoms with Crippen LogP contribution in [0.25, 0.3) is 0 Å². The zero-order valence-electron chi connectivity index (χ0n) is 66.4. The molecule has 6 heterocycles. The second-order valence-corrected chi connectivity index (χ2v) is 31.3. The van der Waals surface area contributed by atoms with E-state index in [1.54, 1.807) is 6.08 Å². The van der Waals surface area contributed by atoms with E-state index in [1.807, 2.05) is 6.08 Å². The van der Waals surface area contributed by atoms with Gasteiger partial charge < -0.3 is 164 Å². The van der Waals surface area contributed by atoms with Gasteiger partial charge in [-0.25, -0.2) is 0 Å². The summed E-state index contributed by atoms with van der Waals surface area (Å²) in [4.78, 5) is 25.7. The average molecular weight is 1640 g/mol. The van der Waals surface area contributed by atoms with Crippen LogP contribution in [0.1, 0.15) is 226 Å². The number of allylic oxidation sites excluding steroid dienone is 1. The Hall–Kier alpha value is -2.56. The fourth-order valence-corrected chi connectivity index (χ4v) is 15.4. The Morgan fingerprint density at radius 3 is 1.02 bits per heavy atom. The van der Waals surface area contributed by atoms with E-state index in [-0.39, 0.29) is 12.3 Å². The molecule has 0 radical (unpaired) electrons. The minimum absolute atomic E-state index is 0.184. The van der Waals surface area contributed by atoms with Crippen LogP contribution < -0.4 is 10.6 Å². The Balaban J connectivity index is 1.03. The van der Waals surface area contributed by atoms with E-state index in [1.165, 1.54) is 135 Å². The lowest BCUT2D eigenvalue weighted by atomic mass is 9.94. The van der Waals surface area contributed by atoms with Crippen molar-refractivity contribution in [3.63, 3.8) is 0 Å². The van der Waals surface area contributed by atoms with E-state index in [0.29, 0.717) is 12.8 Å². The number of hydrogen-bond donors (Lipinski definition) is 21. The average Bonchev–Trinajstić information content (AvgIpc) is 0.776. The zero-order chi connectivity index (χ0) is 82.5. The van der Waals surface area contributed by atoms with Gasteiger partial charge in [-0.2, -0.15) is 0 Å². The lowest BCUT2D eigenvalue weighted by molar-refractivity contribution is -0.397. The summed E-state index contributed by atoms with van der Waals surface area (Å²) in [6.07, 6.45) is -17.7. The lowest BCUT2D eigenvalue weighted by Crippen LogP contribution is -2.69. The van der Waals surface area contributed by atoms with Crippen LogP contribution in [0, 0.1) is 0 Å². The van der Waals surface area contributed by atoms with Crippen LogP contribution in [-0.4, -0.2) is 351 Å². The van der Waals surface area contributed by atoms with Crippen LogP contribution in [0.2, 0.25) is 0 Å². The highest BCUT2D eigenvalue weighted by Gasteiger charge is 2.58. The van der Waals surface area contributed by atoms with Crippen molar-refractivity contribution in [1.82, 2.24) is 10.6 Å². The van der Waals surface area contributed by atoms with E-state index in [9.17, 15) is 107 Å². The fraction of sp³-hybridized carbons (Fsp3) is 0.949. The molecule has 0 aromatic carbocycles. The molecule has 12 unspecified atom stereocenters. The Kier molecular flexibility index (Phi) is 47.4. The number of amides is 2. The molecule has 0 aliphatic carbocycles. The topological polar surface area (TPSA) is 553 Å². The molecule has 32 atom stereocenters. The van der Waals surface area contributed by atoms with Crippen molar-refractivity contribution in [3.8, 4) is 0 Å². The van der Waals surface area contributed by atoms with Crippen LogP contribution in [0.15, 0.2) is 12.2 Å². The molecule has 113 heavy (non-hydrogen) atoms. The van der Waals surface area contributed by atoms with Crippen molar-refractivity contribution in [1.29, 1.82) is 0 Å². The molecular weight excluding hydrogens is 1490 g/mol. The standard InChI is InChI=1S/C78H142N2O33/c1-4-6-8-10-12-14-16-18-19-20-21-22-23-25-27-29-31-33-35-37-54(89)80-46(47(88)36-34-32-30-28-26-24-17-15-13-11-9-7-5-2)44-102-74-63(97)61(95)68(52(42-85)107-74)109-75-64(98)62(96)69(53(43-86)108-75)110-76-66(100)71(58(92)50(40-83)104-76)112-78-67(101)72(59(93)51(41-84)106-78)113-77-65(99)70(57(91)49(39-82)105-77)111-73-55(79-45(3)87)60(94)56(90)48(38-81)103-73/h34,36,46-53,55-78,81-86,88,90-101H,4-33,35,37-44H2,1-3H3,(H,79,87)(H,80,89)/b36-34+/t46-,47+,48?,49?,50?,51?,52?,53?,55?,56-,57-,58-,59-,60+,61+,62+,63?,64?,65?,66?,67?,68+,69-,70-,71-,72-,73-,74+,75-,76-,77+,78+/m0/s1. The van der Waals surface area contributed by atoms with Gasteiger partial charge in [-0.15, -0.1) is 0 Å². The highest BCUT2D eigenvalue weighted by atomic mass is 16.8. The third-order valence-electron chi connectivity index (χ3n) is 22.3. The summed E-state index contributed by atoms with van der Waals surface area (Å²) in [6.45, 7) is -0.872. The second-order valence-electron chi connectivity index (χ2n) is 31.3. The molecule has 6 rings (SSSR count). The molecule has 6 fully saturated rings. The number of carbonyl (C=O) groups excluding carboxylic acids is 2. The predicted octanol–water partition coefficient (Wildman–Crippen LogP) is -1.01. The van der Waals surface area contributed by atoms with Crippen molar-refractivity contribution in [3.05, 3.63) is 12.2 Å². The first-order chi connectivity index (χ1) is 54.4. The molecular formula is C78H142N2O33. The highest BCUT2D eigenvalue weighted by Crippen LogP contribution is 2.38. The van der Waals surface area contributed by atoms with E-state index < -0.39 is 248 Å². The van der Waals surface area contributed by atoms with Gasteiger partial charge in [0.15, 0.2) is 37.7 Å². The second kappa shape index (κ2) is 54.0. The maximum Gasteiger partial charge on any atom is 0.220 e. The molecule has 662 valence electrons. The molecule has 35 nitrogen and oxygen atoms in total. The van der Waals surface area contributed by atoms with Crippen molar-refractivity contribution in [2.75, 3.05) is 46.2 Å². The first-order valence-corrected chi connectivity index (χ1v) is 42.0. The summed E-state index contributed by atoms with van der Waals surface area (Å²) in [5.41, 5.74) is 0. The highest BCUT2D eigenvalue weighted by molar-refractivity contribution is 5.76. The Bertz CT molecular complexity index is 2540. The molecule has 0 aromatic rings. The third kappa shape index (κ3) is 30.8. The molecule has 0 saturated carbocycles. The molecule has 0 aromatic heterocycles. The number of aliphatic hydroxyl groups is 19. The predicted molar refractivity (Wildman–Crippen MR) is 401 cm³/mol. The number of nitrogens with one attached hydrogen (secondary N) is 2. The normalized spacial score (nSPS) is 37.0. The van der Waals surface area contributed by atoms with Crippen LogP contribution >= 0.6 is 0 Å². The lowest BCUT2D eigenvalue weighted by Gasteiger charge is -2.50.